The lowest BCUT2D eigenvalue weighted by molar-refractivity contribution is 0.262. The fraction of sp³-hybridized carbons (Fsp3) is 0.133. The van der Waals surface area contributed by atoms with Crippen molar-refractivity contribution in [3.63, 3.8) is 0 Å². The fourth-order valence-electron chi connectivity index (χ4n) is 2.21. The zero-order chi connectivity index (χ0) is 15.7. The second kappa shape index (κ2) is 5.36. The summed E-state index contributed by atoms with van der Waals surface area (Å²) in [6.45, 7) is 1.73. The van der Waals surface area contributed by atoms with Crippen LogP contribution in [0.15, 0.2) is 45.8 Å². The number of rotatable bonds is 2. The Bertz CT molecular complexity index is 911. The van der Waals surface area contributed by atoms with Crippen molar-refractivity contribution in [1.29, 1.82) is 0 Å². The number of nitrogens with zero attached hydrogens (tertiary/aromatic N) is 2. The van der Waals surface area contributed by atoms with E-state index < -0.39 is 6.03 Å². The van der Waals surface area contributed by atoms with E-state index in [0.717, 1.165) is 0 Å². The summed E-state index contributed by atoms with van der Waals surface area (Å²) in [7, 11) is 1.64. The van der Waals surface area contributed by atoms with Crippen molar-refractivity contribution in [1.82, 2.24) is 9.72 Å². The van der Waals surface area contributed by atoms with Crippen LogP contribution in [-0.2, 0) is 7.05 Å². The number of fused-ring (bicyclic) bond motifs is 1. The van der Waals surface area contributed by atoms with Gasteiger partial charge in [-0.1, -0.05) is 23.4 Å². The van der Waals surface area contributed by atoms with Gasteiger partial charge in [-0.3, -0.25) is 10.1 Å². The van der Waals surface area contributed by atoms with E-state index in [1.54, 1.807) is 44.4 Å². The number of aromatic nitrogens is 2. The predicted molar refractivity (Wildman–Crippen MR) is 83.1 cm³/mol. The van der Waals surface area contributed by atoms with Crippen LogP contribution in [0.25, 0.3) is 10.8 Å². The zero-order valence-corrected chi connectivity index (χ0v) is 12.1. The first-order valence-corrected chi connectivity index (χ1v) is 6.64. The molecule has 3 aromatic rings. The number of benzene rings is 1. The molecule has 112 valence electrons. The van der Waals surface area contributed by atoms with Gasteiger partial charge in [-0.05, 0) is 13.0 Å². The summed E-state index contributed by atoms with van der Waals surface area (Å²) in [5, 5.41) is 10.2. The standard InChI is InChI=1S/C15H14N4O3/c1-9-7-13(18-22-9)17-15(21)16-12-8-19(2)14(20)11-6-4-3-5-10(11)12/h3-8H,1-2H3,(H2,16,17,18,21). The first-order chi connectivity index (χ1) is 10.5. The van der Waals surface area contributed by atoms with Gasteiger partial charge >= 0.3 is 6.03 Å². The number of hydrogen-bond acceptors (Lipinski definition) is 4. The third-order valence-corrected chi connectivity index (χ3v) is 3.21. The van der Waals surface area contributed by atoms with Crippen molar-refractivity contribution < 1.29 is 9.32 Å². The van der Waals surface area contributed by atoms with E-state index in [0.29, 0.717) is 28.0 Å². The van der Waals surface area contributed by atoms with Gasteiger partial charge in [0.15, 0.2) is 5.82 Å². The Morgan fingerprint density at radius 3 is 2.64 bits per heavy atom. The van der Waals surface area contributed by atoms with Crippen LogP contribution in [0.2, 0.25) is 0 Å². The second-order valence-electron chi connectivity index (χ2n) is 4.91. The van der Waals surface area contributed by atoms with Gasteiger partial charge in [-0.25, -0.2) is 4.79 Å². The van der Waals surface area contributed by atoms with E-state index in [2.05, 4.69) is 15.8 Å². The normalized spacial score (nSPS) is 10.6. The highest BCUT2D eigenvalue weighted by Gasteiger charge is 2.11. The minimum absolute atomic E-state index is 0.117. The van der Waals surface area contributed by atoms with Gasteiger partial charge in [0.1, 0.15) is 5.76 Å². The molecule has 7 nitrogen and oxygen atoms in total. The quantitative estimate of drug-likeness (QED) is 0.760. The highest BCUT2D eigenvalue weighted by atomic mass is 16.5. The Labute approximate surface area is 125 Å². The first-order valence-electron chi connectivity index (χ1n) is 6.64. The monoisotopic (exact) mass is 298 g/mol. The summed E-state index contributed by atoms with van der Waals surface area (Å²) in [5.41, 5.74) is 0.420. The molecule has 0 spiro atoms. The SMILES string of the molecule is Cc1cc(NC(=O)Nc2cn(C)c(=O)c3ccccc23)no1. The number of anilines is 2. The van der Waals surface area contributed by atoms with Crippen LogP contribution in [0, 0.1) is 6.92 Å². The third kappa shape index (κ3) is 2.56. The molecular weight excluding hydrogens is 284 g/mol. The topological polar surface area (TPSA) is 89.2 Å². The molecule has 2 aromatic heterocycles. The molecule has 0 saturated carbocycles. The van der Waals surface area contributed by atoms with Gasteiger partial charge in [-0.15, -0.1) is 0 Å². The molecule has 7 heteroatoms. The average molecular weight is 298 g/mol. The summed E-state index contributed by atoms with van der Waals surface area (Å²) < 4.78 is 6.31. The van der Waals surface area contributed by atoms with E-state index in [9.17, 15) is 9.59 Å². The summed E-state index contributed by atoms with van der Waals surface area (Å²) in [4.78, 5) is 24.1. The van der Waals surface area contributed by atoms with Crippen LogP contribution in [-0.4, -0.2) is 15.8 Å². The van der Waals surface area contributed by atoms with Crippen molar-refractivity contribution >= 4 is 28.3 Å². The van der Waals surface area contributed by atoms with Gasteiger partial charge in [0.25, 0.3) is 5.56 Å². The van der Waals surface area contributed by atoms with Crippen molar-refractivity contribution in [2.24, 2.45) is 7.05 Å². The molecule has 3 rings (SSSR count). The van der Waals surface area contributed by atoms with Gasteiger partial charge in [-0.2, -0.15) is 0 Å². The highest BCUT2D eigenvalue weighted by molar-refractivity contribution is 6.05. The number of nitrogens with one attached hydrogen (secondary N) is 2. The van der Waals surface area contributed by atoms with Crippen molar-refractivity contribution in [2.45, 2.75) is 6.92 Å². The Hall–Kier alpha value is -3.09. The number of pyridine rings is 1. The average Bonchev–Trinajstić information content (AvgIpc) is 2.89. The lowest BCUT2D eigenvalue weighted by Gasteiger charge is -2.10. The lowest BCUT2D eigenvalue weighted by Crippen LogP contribution is -2.23. The molecule has 0 unspecified atom stereocenters. The third-order valence-electron chi connectivity index (χ3n) is 3.21. The molecule has 2 N–H and O–H groups in total. The van der Waals surface area contributed by atoms with E-state index in [1.807, 2.05) is 6.07 Å². The zero-order valence-electron chi connectivity index (χ0n) is 12.1. The summed E-state index contributed by atoms with van der Waals surface area (Å²) >= 11 is 0. The van der Waals surface area contributed by atoms with Gasteiger partial charge in [0.05, 0.1) is 5.69 Å². The molecule has 0 aliphatic carbocycles. The van der Waals surface area contributed by atoms with Crippen LogP contribution >= 0.6 is 0 Å². The molecule has 0 radical (unpaired) electrons. The Kier molecular flexibility index (Phi) is 3.38. The molecule has 2 amide bonds. The van der Waals surface area contributed by atoms with E-state index in [-0.39, 0.29) is 5.56 Å². The van der Waals surface area contributed by atoms with Crippen LogP contribution < -0.4 is 16.2 Å². The maximum absolute atomic E-state index is 12.1. The highest BCUT2D eigenvalue weighted by Crippen LogP contribution is 2.20. The van der Waals surface area contributed by atoms with Crippen molar-refractivity contribution in [2.75, 3.05) is 10.6 Å². The number of urea groups is 1. The fourth-order valence-corrected chi connectivity index (χ4v) is 2.21. The molecule has 22 heavy (non-hydrogen) atoms. The predicted octanol–water partition coefficient (Wildman–Crippen LogP) is 2.48. The van der Waals surface area contributed by atoms with E-state index in [4.69, 9.17) is 4.52 Å². The Balaban J connectivity index is 1.92. The minimum atomic E-state index is -0.461. The number of aryl methyl sites for hydroxylation is 2. The second-order valence-corrected chi connectivity index (χ2v) is 4.91. The minimum Gasteiger partial charge on any atom is -0.360 e. The number of hydrogen-bond donors (Lipinski definition) is 2. The summed E-state index contributed by atoms with van der Waals surface area (Å²) in [5.74, 6) is 0.923. The van der Waals surface area contributed by atoms with Crippen LogP contribution in [0.3, 0.4) is 0 Å². The van der Waals surface area contributed by atoms with Crippen molar-refractivity contribution in [3.05, 3.63) is 52.6 Å². The smallest absolute Gasteiger partial charge is 0.325 e. The maximum atomic E-state index is 12.1. The van der Waals surface area contributed by atoms with Crippen LogP contribution in [0.4, 0.5) is 16.3 Å². The molecule has 0 atom stereocenters. The Morgan fingerprint density at radius 2 is 1.95 bits per heavy atom. The number of amides is 2. The van der Waals surface area contributed by atoms with Crippen LogP contribution in [0.5, 0.6) is 0 Å². The molecule has 0 fully saturated rings. The molecular formula is C15H14N4O3. The summed E-state index contributed by atoms with van der Waals surface area (Å²) in [6, 6.07) is 8.25. The molecule has 1 aromatic carbocycles. The van der Waals surface area contributed by atoms with E-state index >= 15 is 0 Å². The molecule has 2 heterocycles. The van der Waals surface area contributed by atoms with Gasteiger partial charge < -0.3 is 14.4 Å². The van der Waals surface area contributed by atoms with E-state index in [1.165, 1.54) is 4.57 Å². The Morgan fingerprint density at radius 1 is 1.23 bits per heavy atom. The molecule has 0 bridgehead atoms. The largest absolute Gasteiger partial charge is 0.360 e. The number of carbonyl (C=O) groups excluding carboxylic acids is 1. The van der Waals surface area contributed by atoms with Gasteiger partial charge in [0, 0.05) is 30.1 Å². The first kappa shape index (κ1) is 13.9. The van der Waals surface area contributed by atoms with Crippen molar-refractivity contribution in [3.8, 4) is 0 Å². The lowest BCUT2D eigenvalue weighted by atomic mass is 10.1. The molecule has 0 aliphatic heterocycles. The number of carbonyl (C=O) groups is 1. The van der Waals surface area contributed by atoms with Gasteiger partial charge in [0.2, 0.25) is 0 Å². The summed E-state index contributed by atoms with van der Waals surface area (Å²) in [6.07, 6.45) is 1.58. The molecule has 0 aliphatic rings. The molecule has 0 saturated heterocycles. The maximum Gasteiger partial charge on any atom is 0.325 e. The van der Waals surface area contributed by atoms with Crippen LogP contribution in [0.1, 0.15) is 5.76 Å².